The smallest absolute Gasteiger partial charge is 0.469 e. The van der Waals surface area contributed by atoms with Gasteiger partial charge >= 0.3 is 19.8 Å². The SMILES string of the molecule is O=C(CC[C@@H](N=C([O-])/C=C/C([O-])=NCCCCCCCCOP(=O)(O)O)C(=O)OC1CCCCC1)OC1CCCCC1. The van der Waals surface area contributed by atoms with Gasteiger partial charge in [-0.2, -0.15) is 0 Å². The molecule has 0 radical (unpaired) electrons. The third-order valence-electron chi connectivity index (χ3n) is 7.31. The van der Waals surface area contributed by atoms with E-state index in [1.165, 1.54) is 0 Å². The Hall–Kier alpha value is -2.27. The monoisotopic (exact) mass is 614 g/mol. The van der Waals surface area contributed by atoms with Gasteiger partial charge in [0.05, 0.1) is 6.61 Å². The number of phosphoric ester groups is 1. The molecule has 2 fully saturated rings. The second-order valence-electron chi connectivity index (χ2n) is 11.0. The van der Waals surface area contributed by atoms with Crippen molar-refractivity contribution in [3.63, 3.8) is 0 Å². The molecule has 0 bridgehead atoms. The number of unbranched alkanes of at least 4 members (excludes halogenated alkanes) is 5. The molecule has 12 nitrogen and oxygen atoms in total. The van der Waals surface area contributed by atoms with Crippen molar-refractivity contribution in [2.75, 3.05) is 13.2 Å². The molecule has 0 aromatic heterocycles. The lowest BCUT2D eigenvalue weighted by Crippen LogP contribution is -2.31. The fourth-order valence-electron chi connectivity index (χ4n) is 5.03. The second-order valence-corrected chi connectivity index (χ2v) is 12.2. The Balaban J connectivity index is 1.78. The van der Waals surface area contributed by atoms with Crippen molar-refractivity contribution in [1.82, 2.24) is 0 Å². The van der Waals surface area contributed by atoms with Gasteiger partial charge in [0.1, 0.15) is 18.2 Å². The first kappa shape index (κ1) is 35.9. The molecule has 42 heavy (non-hydrogen) atoms. The summed E-state index contributed by atoms with van der Waals surface area (Å²) in [6.45, 7) is 0.316. The Morgan fingerprint density at radius 1 is 0.810 bits per heavy atom. The summed E-state index contributed by atoms with van der Waals surface area (Å²) in [4.78, 5) is 50.3. The summed E-state index contributed by atoms with van der Waals surface area (Å²) in [5, 5.41) is 24.5. The van der Waals surface area contributed by atoms with Crippen molar-refractivity contribution in [2.45, 2.75) is 134 Å². The van der Waals surface area contributed by atoms with Crippen LogP contribution in [0.2, 0.25) is 0 Å². The van der Waals surface area contributed by atoms with Crippen LogP contribution in [0, 0.1) is 0 Å². The van der Waals surface area contributed by atoms with Gasteiger partial charge in [-0.15, -0.1) is 0 Å². The van der Waals surface area contributed by atoms with Crippen LogP contribution in [-0.4, -0.2) is 64.9 Å². The van der Waals surface area contributed by atoms with Crippen LogP contribution in [0.3, 0.4) is 0 Å². The second kappa shape index (κ2) is 20.6. The van der Waals surface area contributed by atoms with Gasteiger partial charge in [-0.1, -0.05) is 50.7 Å². The minimum Gasteiger partial charge on any atom is -0.859 e. The van der Waals surface area contributed by atoms with E-state index in [-0.39, 0.29) is 31.7 Å². The van der Waals surface area contributed by atoms with Gasteiger partial charge in [0.25, 0.3) is 0 Å². The Morgan fingerprint density at radius 2 is 1.36 bits per heavy atom. The number of hydrogen-bond donors (Lipinski definition) is 2. The molecule has 0 spiro atoms. The van der Waals surface area contributed by atoms with Crippen LogP contribution in [0.5, 0.6) is 0 Å². The minimum absolute atomic E-state index is 0.00823. The van der Waals surface area contributed by atoms with Gasteiger partial charge < -0.3 is 34.5 Å². The molecule has 2 aliphatic carbocycles. The summed E-state index contributed by atoms with van der Waals surface area (Å²) in [5.74, 6) is -2.41. The van der Waals surface area contributed by atoms with Crippen molar-refractivity contribution < 1.29 is 48.2 Å². The van der Waals surface area contributed by atoms with Crippen molar-refractivity contribution in [2.24, 2.45) is 9.98 Å². The number of phosphoric acid groups is 1. The highest BCUT2D eigenvalue weighted by Gasteiger charge is 2.26. The highest BCUT2D eigenvalue weighted by atomic mass is 31.2. The largest absolute Gasteiger partial charge is 0.859 e. The fraction of sp³-hybridized carbons (Fsp3) is 0.793. The molecule has 2 saturated carbocycles. The zero-order chi connectivity index (χ0) is 30.6. The Bertz CT molecular complexity index is 937. The van der Waals surface area contributed by atoms with E-state index in [9.17, 15) is 24.4 Å². The van der Waals surface area contributed by atoms with Gasteiger partial charge in [0, 0.05) is 13.0 Å². The van der Waals surface area contributed by atoms with Gasteiger partial charge in [-0.25, -0.2) is 9.36 Å². The average Bonchev–Trinajstić information content (AvgIpc) is 2.95. The molecule has 0 saturated heterocycles. The van der Waals surface area contributed by atoms with Crippen LogP contribution in [0.15, 0.2) is 22.1 Å². The number of rotatable bonds is 19. The molecule has 0 aromatic rings. The normalized spacial score (nSPS) is 18.7. The lowest BCUT2D eigenvalue weighted by atomic mass is 9.97. The van der Waals surface area contributed by atoms with Crippen LogP contribution in [0.1, 0.15) is 116 Å². The number of nitrogens with zero attached hydrogens (tertiary/aromatic N) is 2. The summed E-state index contributed by atoms with van der Waals surface area (Å²) in [6.07, 6.45) is 15.7. The number of aliphatic imine (C=N–C) groups is 2. The van der Waals surface area contributed by atoms with E-state index in [1.54, 1.807) is 0 Å². The number of esters is 2. The van der Waals surface area contributed by atoms with E-state index in [0.29, 0.717) is 19.4 Å². The van der Waals surface area contributed by atoms with Crippen LogP contribution in [0.4, 0.5) is 0 Å². The molecule has 2 rings (SSSR count). The zero-order valence-electron chi connectivity index (χ0n) is 24.5. The van der Waals surface area contributed by atoms with E-state index in [0.717, 1.165) is 102 Å². The molecular weight excluding hydrogens is 567 g/mol. The lowest BCUT2D eigenvalue weighted by Gasteiger charge is -2.24. The molecule has 0 unspecified atom stereocenters. The molecule has 13 heteroatoms. The van der Waals surface area contributed by atoms with E-state index in [4.69, 9.17) is 19.3 Å². The summed E-state index contributed by atoms with van der Waals surface area (Å²) < 4.78 is 26.1. The zero-order valence-corrected chi connectivity index (χ0v) is 25.4. The van der Waals surface area contributed by atoms with Crippen molar-refractivity contribution in [3.05, 3.63) is 12.2 Å². The molecule has 0 aliphatic heterocycles. The highest BCUT2D eigenvalue weighted by molar-refractivity contribution is 7.46. The summed E-state index contributed by atoms with van der Waals surface area (Å²) >= 11 is 0. The van der Waals surface area contributed by atoms with Crippen molar-refractivity contribution in [3.8, 4) is 0 Å². The first-order valence-corrected chi connectivity index (χ1v) is 16.9. The Morgan fingerprint density at radius 3 is 1.98 bits per heavy atom. The number of carbonyl (C=O) groups excluding carboxylic acids is 2. The molecule has 0 amide bonds. The molecule has 1 atom stereocenters. The summed E-state index contributed by atoms with van der Waals surface area (Å²) in [5.41, 5.74) is 0. The molecule has 0 aromatic carbocycles. The topological polar surface area (TPSA) is 190 Å². The quantitative estimate of drug-likeness (QED) is 0.0717. The maximum absolute atomic E-state index is 12.9. The predicted molar refractivity (Wildman–Crippen MR) is 154 cm³/mol. The standard InChI is InChI=1S/C29H49N2O10P/c32-26(30-21-11-3-1-2-4-12-22-39-42(36,37)38)18-19-27(33)31-25(29(35)41-24-15-9-6-10-16-24)17-20-28(34)40-23-13-7-5-8-14-23/h18-19,23-25H,1-17,20-22H2,(H,30,32)(H,31,33)(H2,36,37,38)/p-2/b19-18+/t25-/m1/s1. The third kappa shape index (κ3) is 17.6. The summed E-state index contributed by atoms with van der Waals surface area (Å²) in [6, 6.07) is -1.15. The fourth-order valence-corrected chi connectivity index (χ4v) is 5.40. The van der Waals surface area contributed by atoms with Crippen molar-refractivity contribution in [1.29, 1.82) is 0 Å². The predicted octanol–water partition coefficient (Wildman–Crippen LogP) is 3.41. The number of carbonyl (C=O) groups is 2. The number of ether oxygens (including phenoxy) is 2. The van der Waals surface area contributed by atoms with E-state index in [1.807, 2.05) is 0 Å². The van der Waals surface area contributed by atoms with E-state index in [2.05, 4.69) is 14.5 Å². The van der Waals surface area contributed by atoms with Crippen LogP contribution >= 0.6 is 7.82 Å². The molecule has 240 valence electrons. The van der Waals surface area contributed by atoms with Gasteiger partial charge in [-0.05, 0) is 82.4 Å². The van der Waals surface area contributed by atoms with E-state index < -0.39 is 37.6 Å². The Labute approximate surface area is 248 Å². The lowest BCUT2D eigenvalue weighted by molar-refractivity contribution is -0.215. The molecule has 0 heterocycles. The maximum Gasteiger partial charge on any atom is 0.469 e. The van der Waals surface area contributed by atoms with Crippen LogP contribution in [0.25, 0.3) is 0 Å². The third-order valence-corrected chi connectivity index (χ3v) is 7.83. The number of hydrogen-bond acceptors (Lipinski definition) is 10. The van der Waals surface area contributed by atoms with Crippen LogP contribution < -0.4 is 10.2 Å². The minimum atomic E-state index is -4.40. The summed E-state index contributed by atoms with van der Waals surface area (Å²) in [7, 11) is -4.40. The first-order chi connectivity index (χ1) is 20.1. The average molecular weight is 615 g/mol. The maximum atomic E-state index is 12.9. The van der Waals surface area contributed by atoms with Crippen molar-refractivity contribution >= 4 is 31.6 Å². The van der Waals surface area contributed by atoms with Gasteiger partial charge in [-0.3, -0.25) is 14.3 Å². The molecular formula is C29H47N2O10P-2. The van der Waals surface area contributed by atoms with Gasteiger partial charge in [0.15, 0.2) is 0 Å². The highest BCUT2D eigenvalue weighted by Crippen LogP contribution is 2.35. The van der Waals surface area contributed by atoms with Gasteiger partial charge in [0.2, 0.25) is 0 Å². The molecule has 2 aliphatic rings. The van der Waals surface area contributed by atoms with Crippen LogP contribution in [-0.2, 0) is 28.2 Å². The van der Waals surface area contributed by atoms with E-state index >= 15 is 0 Å². The molecule has 2 N–H and O–H groups in total. The Kier molecular flexibility index (Phi) is 17.6. The first-order valence-electron chi connectivity index (χ1n) is 15.4.